The minimum atomic E-state index is -4.95. The maximum Gasteiger partial charge on any atom is 0.416 e. The van der Waals surface area contributed by atoms with Crippen LogP contribution in [0.25, 0.3) is 22.3 Å². The van der Waals surface area contributed by atoms with E-state index in [1.807, 2.05) is 0 Å². The number of alkyl halides is 12. The molecule has 2 heterocycles. The number of anilines is 2. The third kappa shape index (κ3) is 10.7. The summed E-state index contributed by atoms with van der Waals surface area (Å²) in [4.78, 5) is 16.3. The molecule has 0 atom stereocenters. The maximum absolute atomic E-state index is 13.2. The molecule has 4 aromatic rings. The van der Waals surface area contributed by atoms with Crippen molar-refractivity contribution in [2.75, 3.05) is 10.6 Å². The van der Waals surface area contributed by atoms with Gasteiger partial charge < -0.3 is 10.6 Å². The molecule has 0 aliphatic heterocycles. The van der Waals surface area contributed by atoms with E-state index in [9.17, 15) is 52.7 Å². The third-order valence-corrected chi connectivity index (χ3v) is 9.33. The summed E-state index contributed by atoms with van der Waals surface area (Å²) < 4.78 is 158. The Bertz CT molecular complexity index is 1920. The van der Waals surface area contributed by atoms with E-state index in [2.05, 4.69) is 30.6 Å². The summed E-state index contributed by atoms with van der Waals surface area (Å²) in [5, 5.41) is 6.05. The van der Waals surface area contributed by atoms with Gasteiger partial charge in [-0.2, -0.15) is 52.7 Å². The lowest BCUT2D eigenvalue weighted by molar-refractivity contribution is -0.144. The fourth-order valence-corrected chi connectivity index (χ4v) is 6.75. The van der Waals surface area contributed by atoms with Crippen LogP contribution in [-0.2, 0) is 24.7 Å². The normalized spacial score (nSPS) is 15.9. The van der Waals surface area contributed by atoms with Crippen LogP contribution < -0.4 is 10.6 Å². The van der Waals surface area contributed by atoms with E-state index in [0.717, 1.165) is 51.4 Å². The number of benzene rings is 2. The smallest absolute Gasteiger partial charge is 0.367 e. The Kier molecular flexibility index (Phi) is 12.2. The first-order valence-electron chi connectivity index (χ1n) is 17.0. The molecule has 2 aromatic heterocycles. The SMILES string of the molecule is Cc1nc(Cl)c(-c2cc(C(F)(F)F)cc(C(F)(F)F)c2)c(NC2CCCC2)n1.Cc1ncc(-c2cc(C(F)(F)F)cc(C(F)(F)F)c2)c(NC2CCCC2)n1. The highest BCUT2D eigenvalue weighted by molar-refractivity contribution is 6.32. The van der Waals surface area contributed by atoms with Crippen LogP contribution in [0.3, 0.4) is 0 Å². The molecule has 0 saturated heterocycles. The van der Waals surface area contributed by atoms with Crippen molar-refractivity contribution in [3.8, 4) is 22.3 Å². The molecule has 55 heavy (non-hydrogen) atoms. The van der Waals surface area contributed by atoms with Crippen LogP contribution in [0, 0.1) is 13.8 Å². The predicted octanol–water partition coefficient (Wildman–Crippen LogP) is 12.3. The predicted molar refractivity (Wildman–Crippen MR) is 181 cm³/mol. The summed E-state index contributed by atoms with van der Waals surface area (Å²) in [5.41, 5.74) is -6.08. The van der Waals surface area contributed by atoms with Crippen molar-refractivity contribution in [1.29, 1.82) is 0 Å². The molecule has 6 rings (SSSR count). The Balaban J connectivity index is 0.000000211. The number of nitrogens with zero attached hydrogens (tertiary/aromatic N) is 4. The monoisotopic (exact) mass is 812 g/mol. The maximum atomic E-state index is 13.2. The summed E-state index contributed by atoms with van der Waals surface area (Å²) >= 11 is 6.13. The average molecular weight is 813 g/mol. The second-order valence-electron chi connectivity index (χ2n) is 13.3. The Hall–Kier alpha value is -4.35. The van der Waals surface area contributed by atoms with Gasteiger partial charge in [0, 0.05) is 23.8 Å². The highest BCUT2D eigenvalue weighted by Crippen LogP contribution is 2.43. The zero-order chi connectivity index (χ0) is 40.5. The van der Waals surface area contributed by atoms with Crippen LogP contribution in [0.4, 0.5) is 64.3 Å². The van der Waals surface area contributed by atoms with Crippen LogP contribution in [-0.4, -0.2) is 32.0 Å². The lowest BCUT2D eigenvalue weighted by atomic mass is 10.00. The molecule has 19 heteroatoms. The van der Waals surface area contributed by atoms with Gasteiger partial charge in [-0.25, -0.2) is 19.9 Å². The van der Waals surface area contributed by atoms with Gasteiger partial charge in [-0.05, 0) is 87.1 Å². The number of hydrogen-bond acceptors (Lipinski definition) is 6. The topological polar surface area (TPSA) is 75.6 Å². The van der Waals surface area contributed by atoms with Gasteiger partial charge in [-0.3, -0.25) is 0 Å². The quantitative estimate of drug-likeness (QED) is 0.149. The molecule has 2 N–H and O–H groups in total. The summed E-state index contributed by atoms with van der Waals surface area (Å²) in [7, 11) is 0. The van der Waals surface area contributed by atoms with Gasteiger partial charge >= 0.3 is 24.7 Å². The fraction of sp³-hybridized carbons (Fsp3) is 0.444. The highest BCUT2D eigenvalue weighted by atomic mass is 35.5. The standard InChI is InChI=1S/C18H16ClF6N3.C18H17F6N3/c1-9-26-15(19)14(16(27-9)28-13-4-2-3-5-13)10-6-11(17(20,21)22)8-12(7-10)18(23,24)25;1-10-25-9-15(16(26-10)27-14-4-2-3-5-14)11-6-12(17(19,20)21)8-13(7-11)18(22,23)24/h6-8,13H,2-5H2,1H3,(H,26,27,28);6-9,14H,2-5H2,1H3,(H,25,26,27). The molecule has 2 fully saturated rings. The minimum absolute atomic E-state index is 0.0250. The molecule has 0 amide bonds. The van der Waals surface area contributed by atoms with Gasteiger partial charge in [0.05, 0.1) is 27.8 Å². The van der Waals surface area contributed by atoms with Crippen molar-refractivity contribution in [2.45, 2.75) is 102 Å². The van der Waals surface area contributed by atoms with Crippen LogP contribution >= 0.6 is 11.6 Å². The van der Waals surface area contributed by atoms with Gasteiger partial charge in [-0.15, -0.1) is 0 Å². The minimum Gasteiger partial charge on any atom is -0.367 e. The van der Waals surface area contributed by atoms with Crippen molar-refractivity contribution < 1.29 is 52.7 Å². The second kappa shape index (κ2) is 16.0. The highest BCUT2D eigenvalue weighted by Gasteiger charge is 2.39. The first-order chi connectivity index (χ1) is 25.5. The summed E-state index contributed by atoms with van der Waals surface area (Å²) in [5.74, 6) is 1.03. The van der Waals surface area contributed by atoms with Crippen molar-refractivity contribution in [2.24, 2.45) is 0 Å². The van der Waals surface area contributed by atoms with Gasteiger partial charge in [-0.1, -0.05) is 37.3 Å². The third-order valence-electron chi connectivity index (χ3n) is 9.05. The number of rotatable bonds is 6. The largest absolute Gasteiger partial charge is 0.416 e. The lowest BCUT2D eigenvalue weighted by Crippen LogP contribution is -2.17. The Morgan fingerprint density at radius 1 is 0.527 bits per heavy atom. The molecular weight excluding hydrogens is 780 g/mol. The molecular formula is C36H33ClF12N6. The van der Waals surface area contributed by atoms with Crippen molar-refractivity contribution in [3.05, 3.63) is 81.7 Å². The van der Waals surface area contributed by atoms with Crippen molar-refractivity contribution in [1.82, 2.24) is 19.9 Å². The van der Waals surface area contributed by atoms with Crippen LogP contribution in [0.5, 0.6) is 0 Å². The molecule has 0 unspecified atom stereocenters. The molecule has 0 radical (unpaired) electrons. The molecule has 2 saturated carbocycles. The van der Waals surface area contributed by atoms with Gasteiger partial charge in [0.2, 0.25) is 0 Å². The van der Waals surface area contributed by atoms with E-state index in [1.54, 1.807) is 13.8 Å². The lowest BCUT2D eigenvalue weighted by Gasteiger charge is -2.19. The van der Waals surface area contributed by atoms with Gasteiger partial charge in [0.1, 0.15) is 28.4 Å². The van der Waals surface area contributed by atoms with E-state index >= 15 is 0 Å². The fourth-order valence-electron chi connectivity index (χ4n) is 6.43. The zero-order valence-corrected chi connectivity index (χ0v) is 29.8. The number of hydrogen-bond donors (Lipinski definition) is 2. The number of aryl methyl sites for hydroxylation is 2. The first-order valence-corrected chi connectivity index (χ1v) is 17.4. The van der Waals surface area contributed by atoms with Crippen molar-refractivity contribution >= 4 is 23.2 Å². The molecule has 298 valence electrons. The Labute approximate surface area is 312 Å². The van der Waals surface area contributed by atoms with E-state index in [1.165, 1.54) is 6.20 Å². The molecule has 2 aliphatic rings. The van der Waals surface area contributed by atoms with E-state index < -0.39 is 47.0 Å². The van der Waals surface area contributed by atoms with Crippen LogP contribution in [0.1, 0.15) is 85.3 Å². The average Bonchev–Trinajstić information content (AvgIpc) is 3.78. The van der Waals surface area contributed by atoms with E-state index in [0.29, 0.717) is 30.1 Å². The van der Waals surface area contributed by atoms with Crippen LogP contribution in [0.15, 0.2) is 42.6 Å². The number of aromatic nitrogens is 4. The van der Waals surface area contributed by atoms with Crippen molar-refractivity contribution in [3.63, 3.8) is 0 Å². The number of halogens is 13. The van der Waals surface area contributed by atoms with E-state index in [-0.39, 0.29) is 69.1 Å². The zero-order valence-electron chi connectivity index (χ0n) is 29.1. The summed E-state index contributed by atoms with van der Waals surface area (Å²) in [6.07, 6.45) is -11.1. The van der Waals surface area contributed by atoms with Gasteiger partial charge in [0.15, 0.2) is 0 Å². The second-order valence-corrected chi connectivity index (χ2v) is 13.7. The molecule has 0 bridgehead atoms. The molecule has 0 spiro atoms. The van der Waals surface area contributed by atoms with Gasteiger partial charge in [0.25, 0.3) is 0 Å². The summed E-state index contributed by atoms with van der Waals surface area (Å²) in [6.45, 7) is 3.15. The molecule has 2 aromatic carbocycles. The first kappa shape index (κ1) is 41.8. The molecule has 2 aliphatic carbocycles. The summed E-state index contributed by atoms with van der Waals surface area (Å²) in [6, 6.07) is 2.97. The Morgan fingerprint density at radius 3 is 1.33 bits per heavy atom. The number of nitrogens with one attached hydrogen (secondary N) is 2. The van der Waals surface area contributed by atoms with Crippen LogP contribution in [0.2, 0.25) is 5.15 Å². The molecule has 6 nitrogen and oxygen atoms in total. The van der Waals surface area contributed by atoms with E-state index in [4.69, 9.17) is 11.6 Å². The Morgan fingerprint density at radius 2 is 0.909 bits per heavy atom.